The lowest BCUT2D eigenvalue weighted by atomic mass is 9.93. The number of aliphatic hydroxyl groups is 1. The summed E-state index contributed by atoms with van der Waals surface area (Å²) in [5.41, 5.74) is 10.7. The van der Waals surface area contributed by atoms with E-state index in [4.69, 9.17) is 5.73 Å². The molecule has 0 saturated heterocycles. The predicted molar refractivity (Wildman–Crippen MR) is 79.0 cm³/mol. The van der Waals surface area contributed by atoms with Crippen molar-refractivity contribution in [3.05, 3.63) is 70.8 Å². The Bertz CT molecular complexity index is 536. The fourth-order valence-electron chi connectivity index (χ4n) is 2.39. The van der Waals surface area contributed by atoms with E-state index in [-0.39, 0.29) is 6.04 Å². The Kier molecular flexibility index (Phi) is 4.35. The van der Waals surface area contributed by atoms with Crippen LogP contribution >= 0.6 is 0 Å². The minimum absolute atomic E-state index is 0.346. The lowest BCUT2D eigenvalue weighted by Crippen LogP contribution is -2.28. The summed E-state index contributed by atoms with van der Waals surface area (Å²) in [6.07, 6.45) is 0.0128. The fourth-order valence-corrected chi connectivity index (χ4v) is 2.39. The topological polar surface area (TPSA) is 46.2 Å². The summed E-state index contributed by atoms with van der Waals surface area (Å²) in [6, 6.07) is 15.8. The van der Waals surface area contributed by atoms with Crippen molar-refractivity contribution >= 4 is 0 Å². The van der Waals surface area contributed by atoms with Crippen LogP contribution in [0.5, 0.6) is 0 Å². The molecule has 3 N–H and O–H groups in total. The highest BCUT2D eigenvalue weighted by atomic mass is 16.3. The van der Waals surface area contributed by atoms with E-state index in [0.29, 0.717) is 6.42 Å². The molecule has 0 heterocycles. The fraction of sp³-hybridized carbons (Fsp3) is 0.294. The lowest BCUT2D eigenvalue weighted by molar-refractivity contribution is 0.145. The minimum atomic E-state index is -0.566. The first-order valence-electron chi connectivity index (χ1n) is 6.62. The first-order chi connectivity index (χ1) is 9.08. The standard InChI is InChI=1S/C17H21NO/c1-12-8-9-15(13(2)10-12)17(18)16(19)11-14-6-4-3-5-7-14/h3-10,16-17,19H,11,18H2,1-2H3/t16-,17+/m1/s1. The average Bonchev–Trinajstić information content (AvgIpc) is 2.39. The molecule has 2 aromatic rings. The second-order valence-corrected chi connectivity index (χ2v) is 5.14. The van der Waals surface area contributed by atoms with Gasteiger partial charge >= 0.3 is 0 Å². The van der Waals surface area contributed by atoms with Crippen LogP contribution in [0.3, 0.4) is 0 Å². The van der Waals surface area contributed by atoms with Crippen LogP contribution in [0.15, 0.2) is 48.5 Å². The SMILES string of the molecule is Cc1ccc([C@H](N)[C@H](O)Cc2ccccc2)c(C)c1. The number of nitrogens with two attached hydrogens (primary N) is 1. The van der Waals surface area contributed by atoms with Crippen LogP contribution < -0.4 is 5.73 Å². The smallest absolute Gasteiger partial charge is 0.0773 e. The molecule has 0 aliphatic rings. The van der Waals surface area contributed by atoms with Crippen molar-refractivity contribution in [2.45, 2.75) is 32.4 Å². The van der Waals surface area contributed by atoms with Crippen molar-refractivity contribution in [3.8, 4) is 0 Å². The summed E-state index contributed by atoms with van der Waals surface area (Å²) in [7, 11) is 0. The van der Waals surface area contributed by atoms with Crippen LogP contribution in [0.25, 0.3) is 0 Å². The van der Waals surface area contributed by atoms with E-state index in [1.165, 1.54) is 5.56 Å². The molecular formula is C17H21NO. The maximum atomic E-state index is 10.3. The summed E-state index contributed by atoms with van der Waals surface area (Å²) in [6.45, 7) is 4.10. The van der Waals surface area contributed by atoms with Crippen LogP contribution in [0.4, 0.5) is 0 Å². The van der Waals surface area contributed by atoms with Gasteiger partial charge in [-0.05, 0) is 30.5 Å². The summed E-state index contributed by atoms with van der Waals surface area (Å²) < 4.78 is 0. The van der Waals surface area contributed by atoms with Crippen molar-refractivity contribution in [2.24, 2.45) is 5.73 Å². The maximum Gasteiger partial charge on any atom is 0.0773 e. The van der Waals surface area contributed by atoms with E-state index < -0.39 is 6.10 Å². The third kappa shape index (κ3) is 3.43. The van der Waals surface area contributed by atoms with Crippen molar-refractivity contribution in [3.63, 3.8) is 0 Å². The van der Waals surface area contributed by atoms with Crippen molar-refractivity contribution < 1.29 is 5.11 Å². The molecule has 0 aromatic heterocycles. The van der Waals surface area contributed by atoms with Crippen LogP contribution in [-0.4, -0.2) is 11.2 Å². The van der Waals surface area contributed by atoms with E-state index in [9.17, 15) is 5.11 Å². The van der Waals surface area contributed by atoms with Crippen molar-refractivity contribution in [2.75, 3.05) is 0 Å². The molecule has 0 amide bonds. The van der Waals surface area contributed by atoms with Crippen molar-refractivity contribution in [1.29, 1.82) is 0 Å². The summed E-state index contributed by atoms with van der Waals surface area (Å²) in [5.74, 6) is 0. The van der Waals surface area contributed by atoms with Gasteiger partial charge in [-0.3, -0.25) is 0 Å². The first-order valence-corrected chi connectivity index (χ1v) is 6.62. The molecule has 0 fully saturated rings. The number of hydrogen-bond donors (Lipinski definition) is 2. The largest absolute Gasteiger partial charge is 0.391 e. The number of aryl methyl sites for hydroxylation is 2. The molecule has 0 bridgehead atoms. The quantitative estimate of drug-likeness (QED) is 0.882. The number of hydrogen-bond acceptors (Lipinski definition) is 2. The third-order valence-corrected chi connectivity index (χ3v) is 3.49. The zero-order valence-electron chi connectivity index (χ0n) is 11.5. The molecule has 2 heteroatoms. The molecule has 0 radical (unpaired) electrons. The lowest BCUT2D eigenvalue weighted by Gasteiger charge is -2.21. The van der Waals surface area contributed by atoms with Crippen LogP contribution in [-0.2, 0) is 6.42 Å². The maximum absolute atomic E-state index is 10.3. The van der Waals surface area contributed by atoms with Gasteiger partial charge in [0.25, 0.3) is 0 Å². The van der Waals surface area contributed by atoms with Gasteiger partial charge in [-0.15, -0.1) is 0 Å². The van der Waals surface area contributed by atoms with Crippen LogP contribution in [0, 0.1) is 13.8 Å². The van der Waals surface area contributed by atoms with Gasteiger partial charge < -0.3 is 10.8 Å². The molecule has 2 aromatic carbocycles. The highest BCUT2D eigenvalue weighted by Gasteiger charge is 2.18. The monoisotopic (exact) mass is 255 g/mol. The van der Waals surface area contributed by atoms with E-state index in [1.54, 1.807) is 0 Å². The molecule has 2 atom stereocenters. The van der Waals surface area contributed by atoms with Gasteiger partial charge in [0.1, 0.15) is 0 Å². The van der Waals surface area contributed by atoms with Crippen LogP contribution in [0.2, 0.25) is 0 Å². The number of rotatable bonds is 4. The molecule has 0 aliphatic carbocycles. The molecular weight excluding hydrogens is 234 g/mol. The zero-order valence-corrected chi connectivity index (χ0v) is 11.5. The summed E-state index contributed by atoms with van der Waals surface area (Å²) in [5, 5.41) is 10.3. The van der Waals surface area contributed by atoms with Gasteiger partial charge in [-0.1, -0.05) is 54.1 Å². The minimum Gasteiger partial charge on any atom is -0.391 e. The second-order valence-electron chi connectivity index (χ2n) is 5.14. The van der Waals surface area contributed by atoms with E-state index in [1.807, 2.05) is 49.4 Å². The zero-order chi connectivity index (χ0) is 13.8. The molecule has 0 aliphatic heterocycles. The Hall–Kier alpha value is -1.64. The molecule has 100 valence electrons. The Balaban J connectivity index is 2.12. The van der Waals surface area contributed by atoms with Gasteiger partial charge in [0, 0.05) is 6.42 Å². The Morgan fingerprint density at radius 3 is 2.37 bits per heavy atom. The Morgan fingerprint density at radius 1 is 1.05 bits per heavy atom. The number of benzene rings is 2. The van der Waals surface area contributed by atoms with Crippen molar-refractivity contribution in [1.82, 2.24) is 0 Å². The highest BCUT2D eigenvalue weighted by Crippen LogP contribution is 2.21. The van der Waals surface area contributed by atoms with Gasteiger partial charge in [0.05, 0.1) is 12.1 Å². The molecule has 2 rings (SSSR count). The molecule has 0 saturated carbocycles. The molecule has 19 heavy (non-hydrogen) atoms. The molecule has 0 spiro atoms. The third-order valence-electron chi connectivity index (χ3n) is 3.49. The van der Waals surface area contributed by atoms with Crippen LogP contribution in [0.1, 0.15) is 28.3 Å². The number of aliphatic hydroxyl groups excluding tert-OH is 1. The van der Waals surface area contributed by atoms with E-state index in [0.717, 1.165) is 16.7 Å². The molecule has 0 unspecified atom stereocenters. The first kappa shape index (κ1) is 13.8. The van der Waals surface area contributed by atoms with E-state index in [2.05, 4.69) is 13.0 Å². The normalized spacial score (nSPS) is 14.1. The second kappa shape index (κ2) is 6.00. The summed E-state index contributed by atoms with van der Waals surface area (Å²) >= 11 is 0. The average molecular weight is 255 g/mol. The van der Waals surface area contributed by atoms with E-state index >= 15 is 0 Å². The predicted octanol–water partition coefficient (Wildman–Crippen LogP) is 2.91. The summed E-state index contributed by atoms with van der Waals surface area (Å²) in [4.78, 5) is 0. The van der Waals surface area contributed by atoms with Gasteiger partial charge in [0.2, 0.25) is 0 Å². The van der Waals surface area contributed by atoms with Gasteiger partial charge in [-0.2, -0.15) is 0 Å². The van der Waals surface area contributed by atoms with Gasteiger partial charge in [0.15, 0.2) is 0 Å². The Morgan fingerprint density at radius 2 is 1.74 bits per heavy atom. The van der Waals surface area contributed by atoms with Gasteiger partial charge in [-0.25, -0.2) is 0 Å². The molecule has 2 nitrogen and oxygen atoms in total. The Labute approximate surface area is 114 Å². The highest BCUT2D eigenvalue weighted by molar-refractivity contribution is 5.33.